The summed E-state index contributed by atoms with van der Waals surface area (Å²) in [7, 11) is -0.250. The van der Waals surface area contributed by atoms with Crippen LogP contribution in [0.2, 0.25) is 6.32 Å². The molecule has 1 aromatic rings. The second kappa shape index (κ2) is 12.1. The molecule has 0 saturated carbocycles. The second-order valence-corrected chi connectivity index (χ2v) is 13.3. The first-order chi connectivity index (χ1) is 17.6. The van der Waals surface area contributed by atoms with Crippen molar-refractivity contribution in [2.45, 2.75) is 123 Å². The molecule has 212 valence electrons. The summed E-state index contributed by atoms with van der Waals surface area (Å²) in [6.45, 7) is 18.5. The van der Waals surface area contributed by atoms with Crippen LogP contribution in [-0.4, -0.2) is 59.2 Å². The smallest absolute Gasteiger partial charge is 0.403 e. The number of hydrogen-bond donors (Lipinski definition) is 2. The lowest BCUT2D eigenvalue weighted by Gasteiger charge is -2.45. The molecule has 1 atom stereocenters. The standard InChI is InChI=1S/C30H50BN3O4/c1-23(35)32-30(26(36)33-27(2,3)4,18-12-13-19-31-37-28(5,6)29(7,8)38-31)25-16-20-34(21-17-25)22-24-14-10-9-11-15-24/h9-11,14-15,25H,12-13,16-22H2,1-8H3,(H,32,35)(H,33,36). The molecule has 2 aliphatic rings. The molecule has 2 saturated heterocycles. The molecule has 0 aromatic heterocycles. The van der Waals surface area contributed by atoms with E-state index in [1.165, 1.54) is 12.5 Å². The van der Waals surface area contributed by atoms with Crippen LogP contribution in [0.5, 0.6) is 0 Å². The van der Waals surface area contributed by atoms with Crippen LogP contribution in [0.25, 0.3) is 0 Å². The molecular weight excluding hydrogens is 477 g/mol. The SMILES string of the molecule is CC(=O)NC(CCCCB1OC(C)(C)C(C)(C)O1)(C(=O)NC(C)(C)C)C1CCN(Cc2ccccc2)CC1. The molecule has 2 fully saturated rings. The lowest BCUT2D eigenvalue weighted by Crippen LogP contribution is -2.66. The van der Waals surface area contributed by atoms with Gasteiger partial charge in [0.1, 0.15) is 5.54 Å². The molecular formula is C30H50BN3O4. The van der Waals surface area contributed by atoms with E-state index >= 15 is 0 Å². The van der Waals surface area contributed by atoms with Gasteiger partial charge in [-0.05, 0) is 98.6 Å². The first kappa shape index (κ1) is 30.6. The number of unbranched alkanes of at least 4 members (excludes halogenated alkanes) is 1. The molecule has 0 radical (unpaired) electrons. The lowest BCUT2D eigenvalue weighted by atomic mass is 9.72. The van der Waals surface area contributed by atoms with E-state index in [4.69, 9.17) is 9.31 Å². The summed E-state index contributed by atoms with van der Waals surface area (Å²) in [5, 5.41) is 6.37. The van der Waals surface area contributed by atoms with E-state index < -0.39 is 11.1 Å². The third kappa shape index (κ3) is 7.83. The summed E-state index contributed by atoms with van der Waals surface area (Å²) in [6, 6.07) is 10.5. The zero-order chi connectivity index (χ0) is 28.2. The van der Waals surface area contributed by atoms with E-state index in [9.17, 15) is 9.59 Å². The predicted octanol–water partition coefficient (Wildman–Crippen LogP) is 4.95. The Labute approximate surface area is 230 Å². The fourth-order valence-corrected chi connectivity index (χ4v) is 5.71. The minimum absolute atomic E-state index is 0.0672. The Kier molecular flexibility index (Phi) is 9.75. The Hall–Kier alpha value is -1.90. The first-order valence-electron chi connectivity index (χ1n) is 14.4. The number of hydrogen-bond acceptors (Lipinski definition) is 5. The van der Waals surface area contributed by atoms with Gasteiger partial charge in [-0.2, -0.15) is 0 Å². The summed E-state index contributed by atoms with van der Waals surface area (Å²) in [4.78, 5) is 28.9. The maximum Gasteiger partial charge on any atom is 0.457 e. The molecule has 2 heterocycles. The van der Waals surface area contributed by atoms with E-state index in [1.807, 2.05) is 26.8 Å². The highest BCUT2D eigenvalue weighted by Crippen LogP contribution is 2.39. The van der Waals surface area contributed by atoms with Gasteiger partial charge in [0.05, 0.1) is 11.2 Å². The summed E-state index contributed by atoms with van der Waals surface area (Å²) >= 11 is 0. The molecule has 8 heteroatoms. The van der Waals surface area contributed by atoms with Crippen LogP contribution in [0.1, 0.15) is 93.1 Å². The Morgan fingerprint density at radius 2 is 1.55 bits per heavy atom. The van der Waals surface area contributed by atoms with Crippen LogP contribution >= 0.6 is 0 Å². The van der Waals surface area contributed by atoms with Gasteiger partial charge in [0.15, 0.2) is 0 Å². The zero-order valence-electron chi connectivity index (χ0n) is 25.0. The van der Waals surface area contributed by atoms with Crippen LogP contribution in [0, 0.1) is 5.92 Å². The largest absolute Gasteiger partial charge is 0.457 e. The number of rotatable bonds is 10. The monoisotopic (exact) mass is 527 g/mol. The van der Waals surface area contributed by atoms with Gasteiger partial charge in [-0.3, -0.25) is 14.5 Å². The highest BCUT2D eigenvalue weighted by atomic mass is 16.7. The van der Waals surface area contributed by atoms with Crippen molar-refractivity contribution in [1.29, 1.82) is 0 Å². The second-order valence-electron chi connectivity index (χ2n) is 13.3. The van der Waals surface area contributed by atoms with E-state index in [0.717, 1.165) is 51.6 Å². The molecule has 1 unspecified atom stereocenters. The molecule has 3 rings (SSSR count). The van der Waals surface area contributed by atoms with Gasteiger partial charge >= 0.3 is 7.12 Å². The van der Waals surface area contributed by atoms with Crippen LogP contribution in [0.4, 0.5) is 0 Å². The summed E-state index contributed by atoms with van der Waals surface area (Å²) in [5.74, 6) is -0.165. The quantitative estimate of drug-likeness (QED) is 0.333. The molecule has 1 aromatic carbocycles. The minimum Gasteiger partial charge on any atom is -0.403 e. The Morgan fingerprint density at radius 3 is 2.08 bits per heavy atom. The number of likely N-dealkylation sites (tertiary alicyclic amines) is 1. The van der Waals surface area contributed by atoms with Crippen LogP contribution in [-0.2, 0) is 25.4 Å². The zero-order valence-corrected chi connectivity index (χ0v) is 25.0. The number of carbonyl (C=O) groups excluding carboxylic acids is 2. The van der Waals surface area contributed by atoms with E-state index in [0.29, 0.717) is 6.42 Å². The van der Waals surface area contributed by atoms with Crippen molar-refractivity contribution in [2.75, 3.05) is 13.1 Å². The van der Waals surface area contributed by atoms with Crippen molar-refractivity contribution in [1.82, 2.24) is 15.5 Å². The van der Waals surface area contributed by atoms with Crippen molar-refractivity contribution in [3.63, 3.8) is 0 Å². The average Bonchev–Trinajstić information content (AvgIpc) is 3.01. The number of carbonyl (C=O) groups is 2. The summed E-state index contributed by atoms with van der Waals surface area (Å²) in [5.41, 5.74) is -0.728. The topological polar surface area (TPSA) is 79.9 Å². The molecule has 7 nitrogen and oxygen atoms in total. The molecule has 0 spiro atoms. The van der Waals surface area contributed by atoms with E-state index in [2.05, 4.69) is 67.5 Å². The lowest BCUT2D eigenvalue weighted by molar-refractivity contribution is -0.138. The fourth-order valence-electron chi connectivity index (χ4n) is 5.71. The van der Waals surface area contributed by atoms with Crippen molar-refractivity contribution in [3.8, 4) is 0 Å². The van der Waals surface area contributed by atoms with E-state index in [-0.39, 0.29) is 36.1 Å². The van der Waals surface area contributed by atoms with E-state index in [1.54, 1.807) is 0 Å². The van der Waals surface area contributed by atoms with Crippen molar-refractivity contribution in [2.24, 2.45) is 5.92 Å². The Balaban J connectivity index is 1.70. The molecule has 0 bridgehead atoms. The number of nitrogens with one attached hydrogen (secondary N) is 2. The number of benzene rings is 1. The third-order valence-corrected chi connectivity index (χ3v) is 8.39. The average molecular weight is 528 g/mol. The maximum atomic E-state index is 13.9. The number of piperidine rings is 1. The van der Waals surface area contributed by atoms with Crippen molar-refractivity contribution in [3.05, 3.63) is 35.9 Å². The Morgan fingerprint density at radius 1 is 0.974 bits per heavy atom. The highest BCUT2D eigenvalue weighted by molar-refractivity contribution is 6.45. The van der Waals surface area contributed by atoms with Gasteiger partial charge in [-0.15, -0.1) is 0 Å². The van der Waals surface area contributed by atoms with Crippen molar-refractivity contribution >= 4 is 18.9 Å². The van der Waals surface area contributed by atoms with Crippen molar-refractivity contribution < 1.29 is 18.9 Å². The number of nitrogens with zero attached hydrogens (tertiary/aromatic N) is 1. The molecule has 2 N–H and O–H groups in total. The normalized spacial score (nSPS) is 21.6. The third-order valence-electron chi connectivity index (χ3n) is 8.39. The molecule has 38 heavy (non-hydrogen) atoms. The minimum atomic E-state index is -0.937. The van der Waals surface area contributed by atoms with Gasteiger partial charge in [0, 0.05) is 19.0 Å². The highest BCUT2D eigenvalue weighted by Gasteiger charge is 2.51. The maximum absolute atomic E-state index is 13.9. The predicted molar refractivity (Wildman–Crippen MR) is 154 cm³/mol. The van der Waals surface area contributed by atoms with Gasteiger partial charge in [-0.1, -0.05) is 43.2 Å². The molecule has 0 aliphatic carbocycles. The van der Waals surface area contributed by atoms with Gasteiger partial charge in [0.25, 0.3) is 0 Å². The summed E-state index contributed by atoms with van der Waals surface area (Å²) in [6.07, 6.45) is 4.74. The van der Waals surface area contributed by atoms with Crippen LogP contribution in [0.15, 0.2) is 30.3 Å². The van der Waals surface area contributed by atoms with Gasteiger partial charge < -0.3 is 19.9 Å². The van der Waals surface area contributed by atoms with Crippen LogP contribution in [0.3, 0.4) is 0 Å². The van der Waals surface area contributed by atoms with Gasteiger partial charge in [-0.25, -0.2) is 0 Å². The summed E-state index contributed by atoms with van der Waals surface area (Å²) < 4.78 is 12.3. The fraction of sp³-hybridized carbons (Fsp3) is 0.733. The molecule has 2 aliphatic heterocycles. The Bertz CT molecular complexity index is 923. The van der Waals surface area contributed by atoms with Crippen LogP contribution < -0.4 is 10.6 Å². The first-order valence-corrected chi connectivity index (χ1v) is 14.4. The number of amides is 2. The molecule has 2 amide bonds. The van der Waals surface area contributed by atoms with Gasteiger partial charge in [0.2, 0.25) is 11.8 Å².